The summed E-state index contributed by atoms with van der Waals surface area (Å²) < 4.78 is 0. The predicted octanol–water partition coefficient (Wildman–Crippen LogP) is 2.04. The Bertz CT molecular complexity index is 475. The molecule has 0 radical (unpaired) electrons. The van der Waals surface area contributed by atoms with Crippen molar-refractivity contribution < 1.29 is 15.0 Å². The highest BCUT2D eigenvalue weighted by Gasteiger charge is 2.42. The molecule has 2 rings (SSSR count). The number of likely N-dealkylation sites (tertiary alicyclic amines) is 1. The smallest absolute Gasteiger partial charge is 0.233 e. The van der Waals surface area contributed by atoms with E-state index in [9.17, 15) is 9.90 Å². The lowest BCUT2D eigenvalue weighted by molar-refractivity contribution is -0.137. The number of aliphatic hydroxyl groups is 1. The standard InChI is InChI=1S/C16H23NO3/c1-2-16(13-6-5-7-14(19)12-13)8-3-4-9-17(10-11-18)15(16)20/h5-7,12,18-19H,2-4,8-11H2,1H3. The summed E-state index contributed by atoms with van der Waals surface area (Å²) in [4.78, 5) is 14.7. The average molecular weight is 277 g/mol. The summed E-state index contributed by atoms with van der Waals surface area (Å²) in [6.45, 7) is 3.11. The van der Waals surface area contributed by atoms with Crippen molar-refractivity contribution in [2.45, 2.75) is 38.0 Å². The molecule has 1 aromatic rings. The number of hydrogen-bond donors (Lipinski definition) is 2. The van der Waals surface area contributed by atoms with E-state index in [2.05, 4.69) is 0 Å². The van der Waals surface area contributed by atoms with Gasteiger partial charge in [-0.2, -0.15) is 0 Å². The number of hydrogen-bond acceptors (Lipinski definition) is 3. The Morgan fingerprint density at radius 1 is 1.35 bits per heavy atom. The van der Waals surface area contributed by atoms with Gasteiger partial charge in [0.15, 0.2) is 0 Å². The molecule has 4 heteroatoms. The molecule has 1 aromatic carbocycles. The van der Waals surface area contributed by atoms with Crippen LogP contribution >= 0.6 is 0 Å². The third-order valence-corrected chi connectivity index (χ3v) is 4.35. The molecule has 1 aliphatic heterocycles. The number of benzene rings is 1. The zero-order valence-electron chi connectivity index (χ0n) is 12.0. The number of β-amino-alcohol motifs (C(OH)–C–C–N with tert-alkyl or cyclic N) is 1. The average Bonchev–Trinajstić information content (AvgIpc) is 2.61. The summed E-state index contributed by atoms with van der Waals surface area (Å²) in [7, 11) is 0. The van der Waals surface area contributed by atoms with E-state index in [1.807, 2.05) is 13.0 Å². The van der Waals surface area contributed by atoms with Crippen molar-refractivity contribution in [3.8, 4) is 5.75 Å². The maximum atomic E-state index is 12.9. The molecular formula is C16H23NO3. The summed E-state index contributed by atoms with van der Waals surface area (Å²) in [5.41, 5.74) is 0.319. The quantitative estimate of drug-likeness (QED) is 0.885. The molecule has 0 aliphatic carbocycles. The molecule has 1 atom stereocenters. The number of amides is 1. The van der Waals surface area contributed by atoms with E-state index in [4.69, 9.17) is 5.11 Å². The minimum absolute atomic E-state index is 0.00836. The van der Waals surface area contributed by atoms with Crippen molar-refractivity contribution >= 4 is 5.91 Å². The van der Waals surface area contributed by atoms with E-state index in [0.717, 1.165) is 24.8 Å². The Balaban J connectivity index is 2.42. The van der Waals surface area contributed by atoms with Gasteiger partial charge in [0, 0.05) is 13.1 Å². The number of phenols is 1. The van der Waals surface area contributed by atoms with Crippen LogP contribution in [0.5, 0.6) is 5.75 Å². The van der Waals surface area contributed by atoms with Crippen LogP contribution in [0.25, 0.3) is 0 Å². The maximum absolute atomic E-state index is 12.9. The van der Waals surface area contributed by atoms with Crippen LogP contribution in [0.4, 0.5) is 0 Å². The van der Waals surface area contributed by atoms with Crippen molar-refractivity contribution in [1.29, 1.82) is 0 Å². The fraction of sp³-hybridized carbons (Fsp3) is 0.562. The molecule has 1 amide bonds. The molecule has 20 heavy (non-hydrogen) atoms. The van der Waals surface area contributed by atoms with Crippen molar-refractivity contribution in [2.24, 2.45) is 0 Å². The number of aliphatic hydroxyl groups excluding tert-OH is 1. The van der Waals surface area contributed by atoms with Crippen LogP contribution in [0.1, 0.15) is 38.2 Å². The zero-order valence-corrected chi connectivity index (χ0v) is 12.0. The van der Waals surface area contributed by atoms with Crippen LogP contribution in [0, 0.1) is 0 Å². The molecule has 1 fully saturated rings. The van der Waals surface area contributed by atoms with Gasteiger partial charge in [-0.25, -0.2) is 0 Å². The van der Waals surface area contributed by atoms with Crippen LogP contribution in [-0.2, 0) is 10.2 Å². The monoisotopic (exact) mass is 277 g/mol. The Morgan fingerprint density at radius 2 is 2.15 bits per heavy atom. The Hall–Kier alpha value is -1.55. The Morgan fingerprint density at radius 3 is 2.80 bits per heavy atom. The van der Waals surface area contributed by atoms with E-state index in [-0.39, 0.29) is 18.3 Å². The van der Waals surface area contributed by atoms with Gasteiger partial charge in [0.05, 0.1) is 12.0 Å². The highest BCUT2D eigenvalue weighted by molar-refractivity contribution is 5.88. The van der Waals surface area contributed by atoms with Crippen LogP contribution in [0.2, 0.25) is 0 Å². The van der Waals surface area contributed by atoms with Gasteiger partial charge in [-0.1, -0.05) is 25.5 Å². The minimum atomic E-state index is -0.565. The molecule has 0 aromatic heterocycles. The molecular weight excluding hydrogens is 254 g/mol. The van der Waals surface area contributed by atoms with Crippen LogP contribution in [0.3, 0.4) is 0 Å². The molecule has 110 valence electrons. The maximum Gasteiger partial charge on any atom is 0.233 e. The minimum Gasteiger partial charge on any atom is -0.508 e. The van der Waals surface area contributed by atoms with E-state index < -0.39 is 5.41 Å². The van der Waals surface area contributed by atoms with Gasteiger partial charge >= 0.3 is 0 Å². The van der Waals surface area contributed by atoms with E-state index in [1.165, 1.54) is 0 Å². The van der Waals surface area contributed by atoms with Gasteiger partial charge in [-0.3, -0.25) is 4.79 Å². The lowest BCUT2D eigenvalue weighted by Gasteiger charge is -2.34. The normalized spacial score (nSPS) is 23.7. The van der Waals surface area contributed by atoms with Gasteiger partial charge in [0.2, 0.25) is 5.91 Å². The number of phenolic OH excluding ortho intramolecular Hbond substituents is 1. The van der Waals surface area contributed by atoms with Crippen molar-refractivity contribution in [1.82, 2.24) is 4.90 Å². The van der Waals surface area contributed by atoms with E-state index in [1.54, 1.807) is 23.1 Å². The summed E-state index contributed by atoms with van der Waals surface area (Å²) in [6.07, 6.45) is 3.45. The van der Waals surface area contributed by atoms with Crippen molar-refractivity contribution in [3.05, 3.63) is 29.8 Å². The molecule has 2 N–H and O–H groups in total. The van der Waals surface area contributed by atoms with Crippen LogP contribution < -0.4 is 0 Å². The first-order valence-corrected chi connectivity index (χ1v) is 7.34. The van der Waals surface area contributed by atoms with Gasteiger partial charge < -0.3 is 15.1 Å². The summed E-state index contributed by atoms with van der Waals surface area (Å²) in [5.74, 6) is 0.276. The first-order chi connectivity index (χ1) is 9.64. The largest absolute Gasteiger partial charge is 0.508 e. The molecule has 0 spiro atoms. The predicted molar refractivity (Wildman–Crippen MR) is 77.6 cm³/mol. The lowest BCUT2D eigenvalue weighted by atomic mass is 9.73. The third kappa shape index (κ3) is 2.66. The molecule has 1 unspecified atom stereocenters. The topological polar surface area (TPSA) is 60.8 Å². The molecule has 1 heterocycles. The fourth-order valence-electron chi connectivity index (χ4n) is 3.18. The highest BCUT2D eigenvalue weighted by Crippen LogP contribution is 2.38. The summed E-state index contributed by atoms with van der Waals surface area (Å²) in [6, 6.07) is 7.03. The Kier molecular flexibility index (Phi) is 4.65. The number of rotatable bonds is 4. The zero-order chi connectivity index (χ0) is 14.6. The Labute approximate surface area is 120 Å². The molecule has 1 saturated heterocycles. The SMILES string of the molecule is CCC1(c2cccc(O)c2)CCCCN(CCO)C1=O. The van der Waals surface area contributed by atoms with Crippen molar-refractivity contribution in [2.75, 3.05) is 19.7 Å². The van der Waals surface area contributed by atoms with E-state index >= 15 is 0 Å². The number of carbonyl (C=O) groups is 1. The number of nitrogens with zero attached hydrogens (tertiary/aromatic N) is 1. The van der Waals surface area contributed by atoms with E-state index in [0.29, 0.717) is 19.5 Å². The summed E-state index contributed by atoms with van der Waals surface area (Å²) >= 11 is 0. The molecule has 4 nitrogen and oxygen atoms in total. The van der Waals surface area contributed by atoms with Crippen LogP contribution in [0.15, 0.2) is 24.3 Å². The van der Waals surface area contributed by atoms with Gasteiger partial charge in [0.25, 0.3) is 0 Å². The second-order valence-electron chi connectivity index (χ2n) is 5.46. The number of aromatic hydroxyl groups is 1. The first kappa shape index (κ1) is 14.9. The molecule has 1 aliphatic rings. The first-order valence-electron chi connectivity index (χ1n) is 7.34. The third-order valence-electron chi connectivity index (χ3n) is 4.35. The fourth-order valence-corrected chi connectivity index (χ4v) is 3.18. The molecule has 0 bridgehead atoms. The van der Waals surface area contributed by atoms with Crippen LogP contribution in [-0.4, -0.2) is 40.7 Å². The molecule has 0 saturated carbocycles. The van der Waals surface area contributed by atoms with Crippen molar-refractivity contribution in [3.63, 3.8) is 0 Å². The second-order valence-corrected chi connectivity index (χ2v) is 5.46. The summed E-state index contributed by atoms with van der Waals surface area (Å²) in [5, 5.41) is 18.9. The lowest BCUT2D eigenvalue weighted by Crippen LogP contribution is -2.46. The highest BCUT2D eigenvalue weighted by atomic mass is 16.3. The second kappa shape index (κ2) is 6.27. The van der Waals surface area contributed by atoms with Gasteiger partial charge in [-0.05, 0) is 37.0 Å². The number of carbonyl (C=O) groups excluding carboxylic acids is 1. The van der Waals surface area contributed by atoms with Gasteiger partial charge in [0.1, 0.15) is 5.75 Å². The van der Waals surface area contributed by atoms with Gasteiger partial charge in [-0.15, -0.1) is 0 Å².